The molecule has 0 bridgehead atoms. The fraction of sp³-hybridized carbons (Fsp3) is 0.296. The second-order valence-electron chi connectivity index (χ2n) is 8.95. The number of benzene rings is 2. The molecule has 5 rings (SSSR count). The van der Waals surface area contributed by atoms with Crippen molar-refractivity contribution in [3.05, 3.63) is 69.5 Å². The van der Waals surface area contributed by atoms with E-state index in [0.717, 1.165) is 0 Å². The van der Waals surface area contributed by atoms with Crippen molar-refractivity contribution in [1.82, 2.24) is 4.98 Å². The van der Waals surface area contributed by atoms with E-state index in [0.29, 0.717) is 33.9 Å². The van der Waals surface area contributed by atoms with Crippen LogP contribution in [-0.4, -0.2) is 46.0 Å². The van der Waals surface area contributed by atoms with Crippen LogP contribution in [0.1, 0.15) is 69.2 Å². The number of nitrogens with zero attached hydrogens (tertiary/aromatic N) is 1. The first kappa shape index (κ1) is 24.4. The summed E-state index contributed by atoms with van der Waals surface area (Å²) in [6, 6.07) is 6.34. The number of phenols is 2. The number of ketones is 1. The maximum Gasteiger partial charge on any atom is 0.306 e. The van der Waals surface area contributed by atoms with Crippen molar-refractivity contribution >= 4 is 11.8 Å². The summed E-state index contributed by atoms with van der Waals surface area (Å²) in [4.78, 5) is 29.2. The number of hydrogen-bond donors (Lipinski definition) is 3. The predicted molar refractivity (Wildman–Crippen MR) is 128 cm³/mol. The number of hydrogen-bond acceptors (Lipinski definition) is 10. The second kappa shape index (κ2) is 9.29. The molecule has 0 spiro atoms. The predicted octanol–water partition coefficient (Wildman–Crippen LogP) is 3.75. The van der Waals surface area contributed by atoms with Gasteiger partial charge in [-0.05, 0) is 37.6 Å². The number of ether oxygens (including phenoxy) is 4. The van der Waals surface area contributed by atoms with Crippen molar-refractivity contribution in [3.63, 3.8) is 0 Å². The standard InChI is InChI=1S/C27H25NO9/c1-12-24(31)22-15(9-28-12)10-35-27(22)18-7-16(13(2)29)25(32)23(26(18)33)17(8-21(30)34-3)14-4-5-19-20(6-14)37-11-36-19/h4-7,9,17,27,31-33H,8,10-11H2,1-3H3/t17-,27-/m1/s1. The molecule has 3 aromatic rings. The van der Waals surface area contributed by atoms with Gasteiger partial charge in [-0.15, -0.1) is 0 Å². The van der Waals surface area contributed by atoms with E-state index in [1.165, 1.54) is 20.1 Å². The van der Waals surface area contributed by atoms with Crippen LogP contribution in [0, 0.1) is 6.92 Å². The molecule has 1 aromatic heterocycles. The molecule has 2 atom stereocenters. The Morgan fingerprint density at radius 1 is 1.11 bits per heavy atom. The number of phenolic OH excluding ortho intramolecular Hbond substituents is 2. The lowest BCUT2D eigenvalue weighted by Crippen LogP contribution is -2.13. The molecule has 2 aromatic carbocycles. The van der Waals surface area contributed by atoms with Crippen LogP contribution in [0.5, 0.6) is 28.7 Å². The van der Waals surface area contributed by atoms with Crippen LogP contribution in [0.4, 0.5) is 0 Å². The number of carbonyl (C=O) groups is 2. The molecule has 10 nitrogen and oxygen atoms in total. The van der Waals surface area contributed by atoms with Crippen molar-refractivity contribution in [2.24, 2.45) is 0 Å². The molecule has 0 radical (unpaired) electrons. The summed E-state index contributed by atoms with van der Waals surface area (Å²) in [7, 11) is 1.23. The molecule has 0 aliphatic carbocycles. The van der Waals surface area contributed by atoms with Gasteiger partial charge >= 0.3 is 5.97 Å². The minimum Gasteiger partial charge on any atom is -0.507 e. The van der Waals surface area contributed by atoms with Gasteiger partial charge in [0.2, 0.25) is 6.79 Å². The Kier molecular flexibility index (Phi) is 6.12. The Morgan fingerprint density at radius 3 is 2.59 bits per heavy atom. The van der Waals surface area contributed by atoms with Gasteiger partial charge in [-0.3, -0.25) is 14.6 Å². The fourth-order valence-electron chi connectivity index (χ4n) is 4.83. The molecule has 0 amide bonds. The SMILES string of the molecule is COC(=O)C[C@H](c1ccc2c(c1)OCO2)c1c(O)c(C(C)=O)cc([C@H]2OCc3cnc(C)c(O)c32)c1O. The summed E-state index contributed by atoms with van der Waals surface area (Å²) in [6.07, 6.45) is 0.389. The number of aryl methyl sites for hydroxylation is 1. The van der Waals surface area contributed by atoms with Gasteiger partial charge in [-0.2, -0.15) is 0 Å². The first-order chi connectivity index (χ1) is 17.7. The van der Waals surface area contributed by atoms with E-state index in [2.05, 4.69) is 4.98 Å². The normalized spacial score (nSPS) is 16.4. The summed E-state index contributed by atoms with van der Waals surface area (Å²) in [5, 5.41) is 33.5. The smallest absolute Gasteiger partial charge is 0.306 e. The molecule has 0 saturated heterocycles. The molecule has 3 heterocycles. The fourth-order valence-corrected chi connectivity index (χ4v) is 4.83. The van der Waals surface area contributed by atoms with Crippen LogP contribution in [0.2, 0.25) is 0 Å². The van der Waals surface area contributed by atoms with E-state index in [-0.39, 0.29) is 48.0 Å². The third kappa shape index (κ3) is 4.09. The van der Waals surface area contributed by atoms with Crippen molar-refractivity contribution in [3.8, 4) is 28.7 Å². The molecule has 37 heavy (non-hydrogen) atoms. The minimum atomic E-state index is -0.940. The highest BCUT2D eigenvalue weighted by atomic mass is 16.7. The Hall–Kier alpha value is -4.31. The van der Waals surface area contributed by atoms with Gasteiger partial charge in [0.15, 0.2) is 17.3 Å². The molecule has 0 unspecified atom stereocenters. The lowest BCUT2D eigenvalue weighted by molar-refractivity contribution is -0.140. The largest absolute Gasteiger partial charge is 0.507 e. The van der Waals surface area contributed by atoms with Crippen molar-refractivity contribution < 1.29 is 43.9 Å². The Balaban J connectivity index is 1.73. The number of aromatic nitrogens is 1. The van der Waals surface area contributed by atoms with E-state index in [1.807, 2.05) is 0 Å². The van der Waals surface area contributed by atoms with E-state index >= 15 is 0 Å². The zero-order valence-electron chi connectivity index (χ0n) is 20.4. The topological polar surface area (TPSA) is 145 Å². The number of esters is 1. The molecule has 2 aliphatic heterocycles. The van der Waals surface area contributed by atoms with Gasteiger partial charge in [0, 0.05) is 34.4 Å². The Bertz CT molecular complexity index is 1430. The molecule has 10 heteroatoms. The summed E-state index contributed by atoms with van der Waals surface area (Å²) >= 11 is 0. The summed E-state index contributed by atoms with van der Waals surface area (Å²) in [5.41, 5.74) is 1.99. The van der Waals surface area contributed by atoms with Gasteiger partial charge < -0.3 is 34.3 Å². The quantitative estimate of drug-likeness (QED) is 0.333. The van der Waals surface area contributed by atoms with Crippen molar-refractivity contribution in [2.75, 3.05) is 13.9 Å². The van der Waals surface area contributed by atoms with Crippen LogP contribution in [0.25, 0.3) is 0 Å². The van der Waals surface area contributed by atoms with Crippen LogP contribution < -0.4 is 9.47 Å². The number of rotatable bonds is 6. The number of Topliss-reactive ketones (excluding diaryl/α,β-unsaturated/α-hetero) is 1. The minimum absolute atomic E-state index is 0.0388. The summed E-state index contributed by atoms with van der Waals surface area (Å²) in [6.45, 7) is 3.08. The number of methoxy groups -OCH3 is 1. The lowest BCUT2D eigenvalue weighted by Gasteiger charge is -2.24. The number of pyridine rings is 1. The van der Waals surface area contributed by atoms with Crippen molar-refractivity contribution in [1.29, 1.82) is 0 Å². The molecule has 0 fully saturated rings. The molecular formula is C27H25NO9. The molecule has 2 aliphatic rings. The maximum atomic E-state index is 12.6. The van der Waals surface area contributed by atoms with E-state index in [1.54, 1.807) is 31.3 Å². The van der Waals surface area contributed by atoms with Gasteiger partial charge in [-0.25, -0.2) is 0 Å². The molecule has 3 N–H and O–H groups in total. The van der Waals surface area contributed by atoms with Crippen molar-refractivity contribution in [2.45, 2.75) is 38.9 Å². The monoisotopic (exact) mass is 507 g/mol. The average molecular weight is 507 g/mol. The van der Waals surface area contributed by atoms with E-state index < -0.39 is 29.5 Å². The Labute approximate surface area is 212 Å². The first-order valence-electron chi connectivity index (χ1n) is 11.6. The third-order valence-corrected chi connectivity index (χ3v) is 6.77. The number of fused-ring (bicyclic) bond motifs is 2. The summed E-state index contributed by atoms with van der Waals surface area (Å²) in [5.74, 6) is -1.95. The molecular weight excluding hydrogens is 482 g/mol. The second-order valence-corrected chi connectivity index (χ2v) is 8.95. The third-order valence-electron chi connectivity index (χ3n) is 6.77. The summed E-state index contributed by atoms with van der Waals surface area (Å²) < 4.78 is 21.7. The van der Waals surface area contributed by atoms with E-state index in [9.17, 15) is 24.9 Å². The lowest BCUT2D eigenvalue weighted by atomic mass is 9.83. The van der Waals surface area contributed by atoms with Crippen LogP contribution >= 0.6 is 0 Å². The highest BCUT2D eigenvalue weighted by molar-refractivity contribution is 5.98. The average Bonchev–Trinajstić information content (AvgIpc) is 3.52. The highest BCUT2D eigenvalue weighted by Crippen LogP contribution is 2.51. The van der Waals surface area contributed by atoms with Gasteiger partial charge in [0.1, 0.15) is 23.4 Å². The molecule has 192 valence electrons. The van der Waals surface area contributed by atoms with Gasteiger partial charge in [0.05, 0.1) is 31.4 Å². The Morgan fingerprint density at radius 2 is 1.86 bits per heavy atom. The zero-order valence-corrected chi connectivity index (χ0v) is 20.4. The van der Waals surface area contributed by atoms with Crippen LogP contribution in [-0.2, 0) is 20.9 Å². The van der Waals surface area contributed by atoms with Crippen LogP contribution in [0.15, 0.2) is 30.5 Å². The highest BCUT2D eigenvalue weighted by Gasteiger charge is 2.36. The van der Waals surface area contributed by atoms with Gasteiger partial charge in [0.25, 0.3) is 0 Å². The first-order valence-corrected chi connectivity index (χ1v) is 11.6. The number of carbonyl (C=O) groups excluding carboxylic acids is 2. The van der Waals surface area contributed by atoms with Crippen LogP contribution in [0.3, 0.4) is 0 Å². The number of aromatic hydroxyl groups is 3. The molecule has 0 saturated carbocycles. The van der Waals surface area contributed by atoms with Gasteiger partial charge in [-0.1, -0.05) is 6.07 Å². The maximum absolute atomic E-state index is 12.6. The zero-order chi connectivity index (χ0) is 26.4. The van der Waals surface area contributed by atoms with E-state index in [4.69, 9.17) is 18.9 Å².